The predicted octanol–water partition coefficient (Wildman–Crippen LogP) is -0.444. The molecule has 0 fully saturated rings. The summed E-state index contributed by atoms with van der Waals surface area (Å²) in [5.74, 6) is -1.03. The Morgan fingerprint density at radius 1 is 1.29 bits per heavy atom. The fourth-order valence-electron chi connectivity index (χ4n) is 1.03. The first-order valence-electron chi connectivity index (χ1n) is 5.21. The highest BCUT2D eigenvalue weighted by Gasteiger charge is 2.15. The summed E-state index contributed by atoms with van der Waals surface area (Å²) in [4.78, 5) is 20.7. The van der Waals surface area contributed by atoms with Gasteiger partial charge in [-0.25, -0.2) is 4.79 Å². The first-order valence-corrected chi connectivity index (χ1v) is 5.21. The van der Waals surface area contributed by atoms with Crippen molar-refractivity contribution in [3.8, 4) is 0 Å². The van der Waals surface area contributed by atoms with Crippen molar-refractivity contribution in [2.75, 3.05) is 26.4 Å². The number of carbonyl (C=O) groups is 1. The van der Waals surface area contributed by atoms with Gasteiger partial charge in [0.1, 0.15) is 0 Å². The lowest BCUT2D eigenvalue weighted by Gasteiger charge is -2.24. The van der Waals surface area contributed by atoms with Gasteiger partial charge in [-0.2, -0.15) is 0 Å². The van der Waals surface area contributed by atoms with E-state index in [0.717, 1.165) is 5.23 Å². The molecule has 17 heavy (non-hydrogen) atoms. The van der Waals surface area contributed by atoms with E-state index in [1.807, 2.05) is 0 Å². The average molecular weight is 249 g/mol. The van der Waals surface area contributed by atoms with Crippen molar-refractivity contribution in [1.82, 2.24) is 5.23 Å². The smallest absolute Gasteiger partial charge is 0.331 e. The van der Waals surface area contributed by atoms with Crippen molar-refractivity contribution in [2.45, 2.75) is 19.9 Å². The number of aliphatic hydroxyl groups excluding tert-OH is 2. The number of aliphatic carboxylic acids is 1. The van der Waals surface area contributed by atoms with E-state index in [9.17, 15) is 4.79 Å². The third-order valence-electron chi connectivity index (χ3n) is 1.78. The molecule has 0 bridgehead atoms. The highest BCUT2D eigenvalue weighted by molar-refractivity contribution is 5.85. The quantitative estimate of drug-likeness (QED) is 0.376. The van der Waals surface area contributed by atoms with Crippen molar-refractivity contribution < 1.29 is 29.8 Å². The van der Waals surface area contributed by atoms with Crippen molar-refractivity contribution in [3.63, 3.8) is 0 Å². The van der Waals surface area contributed by atoms with Gasteiger partial charge in [0.25, 0.3) is 0 Å². The standard InChI is InChI=1S/C10H19NO6/c1-8(10(14)15)7-9(2)11(16-5-3-12)17-6-4-13/h7,9,12-13H,3-6H2,1-2H3,(H,14,15). The van der Waals surface area contributed by atoms with E-state index in [1.54, 1.807) is 6.92 Å². The first-order chi connectivity index (χ1) is 8.02. The Hall–Kier alpha value is -0.990. The summed E-state index contributed by atoms with van der Waals surface area (Å²) in [6.07, 6.45) is 1.44. The molecule has 0 saturated heterocycles. The lowest BCUT2D eigenvalue weighted by molar-refractivity contribution is -0.382. The van der Waals surface area contributed by atoms with Crippen LogP contribution in [0.15, 0.2) is 11.6 Å². The predicted molar refractivity (Wildman–Crippen MR) is 58.8 cm³/mol. The number of aliphatic hydroxyl groups is 2. The van der Waals surface area contributed by atoms with E-state index >= 15 is 0 Å². The summed E-state index contributed by atoms with van der Waals surface area (Å²) < 4.78 is 0. The largest absolute Gasteiger partial charge is 0.478 e. The second-order valence-corrected chi connectivity index (χ2v) is 3.29. The van der Waals surface area contributed by atoms with Crippen molar-refractivity contribution in [1.29, 1.82) is 0 Å². The molecule has 7 heteroatoms. The number of hydrogen-bond acceptors (Lipinski definition) is 6. The fourth-order valence-corrected chi connectivity index (χ4v) is 1.03. The van der Waals surface area contributed by atoms with Gasteiger partial charge in [0.2, 0.25) is 0 Å². The van der Waals surface area contributed by atoms with Gasteiger partial charge in [0.15, 0.2) is 0 Å². The highest BCUT2D eigenvalue weighted by Crippen LogP contribution is 2.06. The van der Waals surface area contributed by atoms with Crippen LogP contribution in [0.25, 0.3) is 0 Å². The number of hydrogen-bond donors (Lipinski definition) is 3. The van der Waals surface area contributed by atoms with Crippen LogP contribution in [0.5, 0.6) is 0 Å². The Labute approximate surface area is 99.8 Å². The molecule has 3 N–H and O–H groups in total. The molecule has 1 unspecified atom stereocenters. The van der Waals surface area contributed by atoms with Gasteiger partial charge in [0, 0.05) is 5.57 Å². The minimum Gasteiger partial charge on any atom is -0.478 e. The summed E-state index contributed by atoms with van der Waals surface area (Å²) in [5.41, 5.74) is 0.155. The van der Waals surface area contributed by atoms with E-state index in [0.29, 0.717) is 0 Å². The SMILES string of the molecule is CC(=CC(C)N(OCCO)OCCO)C(=O)O. The van der Waals surface area contributed by atoms with Crippen LogP contribution in [0.1, 0.15) is 13.8 Å². The Bertz CT molecular complexity index is 247. The van der Waals surface area contributed by atoms with Crippen molar-refractivity contribution in [3.05, 3.63) is 11.6 Å². The number of carboxylic acid groups (broad SMARTS) is 1. The summed E-state index contributed by atoms with van der Waals surface area (Å²) >= 11 is 0. The molecule has 7 nitrogen and oxygen atoms in total. The summed E-state index contributed by atoms with van der Waals surface area (Å²) in [6.45, 7) is 2.79. The normalized spacial score (nSPS) is 14.1. The monoisotopic (exact) mass is 249 g/mol. The van der Waals surface area contributed by atoms with Crippen LogP contribution in [0.4, 0.5) is 0 Å². The number of rotatable bonds is 9. The van der Waals surface area contributed by atoms with Gasteiger partial charge in [-0.1, -0.05) is 11.3 Å². The summed E-state index contributed by atoms with van der Waals surface area (Å²) in [6, 6.07) is -0.454. The van der Waals surface area contributed by atoms with Crippen LogP contribution in [0.2, 0.25) is 0 Å². The Morgan fingerprint density at radius 2 is 1.76 bits per heavy atom. The van der Waals surface area contributed by atoms with Crippen LogP contribution in [0, 0.1) is 0 Å². The second-order valence-electron chi connectivity index (χ2n) is 3.29. The Morgan fingerprint density at radius 3 is 2.12 bits per heavy atom. The maximum Gasteiger partial charge on any atom is 0.331 e. The molecule has 0 spiro atoms. The van der Waals surface area contributed by atoms with E-state index in [1.165, 1.54) is 13.0 Å². The zero-order valence-corrected chi connectivity index (χ0v) is 10.00. The minimum atomic E-state index is -1.03. The molecule has 0 amide bonds. The third kappa shape index (κ3) is 7.03. The number of carboxylic acids is 1. The number of nitrogens with zero attached hydrogens (tertiary/aromatic N) is 1. The lowest BCUT2D eigenvalue weighted by Crippen LogP contribution is -2.34. The van der Waals surface area contributed by atoms with E-state index in [4.69, 9.17) is 25.0 Å². The topological polar surface area (TPSA) is 99.5 Å². The molecular weight excluding hydrogens is 230 g/mol. The van der Waals surface area contributed by atoms with Gasteiger partial charge in [-0.15, -0.1) is 0 Å². The lowest BCUT2D eigenvalue weighted by atomic mass is 10.2. The molecule has 0 saturated carbocycles. The fraction of sp³-hybridized carbons (Fsp3) is 0.700. The molecule has 100 valence electrons. The average Bonchev–Trinajstić information content (AvgIpc) is 2.28. The molecule has 1 atom stereocenters. The van der Waals surface area contributed by atoms with Crippen LogP contribution in [0.3, 0.4) is 0 Å². The van der Waals surface area contributed by atoms with Gasteiger partial charge in [0.05, 0.1) is 32.5 Å². The first kappa shape index (κ1) is 16.0. The molecule has 0 aliphatic carbocycles. The van der Waals surface area contributed by atoms with Crippen LogP contribution < -0.4 is 0 Å². The van der Waals surface area contributed by atoms with Gasteiger partial charge >= 0.3 is 5.97 Å². The van der Waals surface area contributed by atoms with Crippen LogP contribution in [-0.2, 0) is 14.5 Å². The molecule has 0 aromatic heterocycles. The zero-order chi connectivity index (χ0) is 13.3. The van der Waals surface area contributed by atoms with Crippen LogP contribution >= 0.6 is 0 Å². The molecule has 0 aliphatic rings. The summed E-state index contributed by atoms with van der Waals surface area (Å²) in [5, 5.41) is 27.0. The maximum absolute atomic E-state index is 10.6. The number of hydroxylamine groups is 2. The molecule has 0 aromatic rings. The zero-order valence-electron chi connectivity index (χ0n) is 10.00. The van der Waals surface area contributed by atoms with Crippen molar-refractivity contribution in [2.24, 2.45) is 0 Å². The maximum atomic E-state index is 10.6. The van der Waals surface area contributed by atoms with Crippen LogP contribution in [-0.4, -0.2) is 59.0 Å². The van der Waals surface area contributed by atoms with E-state index in [-0.39, 0.29) is 32.0 Å². The van der Waals surface area contributed by atoms with Gasteiger partial charge in [-0.05, 0) is 13.8 Å². The molecule has 0 aromatic carbocycles. The molecule has 0 aliphatic heterocycles. The molecule has 0 heterocycles. The van der Waals surface area contributed by atoms with E-state index < -0.39 is 12.0 Å². The molecule has 0 radical (unpaired) electrons. The second kappa shape index (κ2) is 9.08. The summed E-state index contributed by atoms with van der Waals surface area (Å²) in [7, 11) is 0. The van der Waals surface area contributed by atoms with Gasteiger partial charge in [-0.3, -0.25) is 9.68 Å². The molecular formula is C10H19NO6. The molecule has 0 rings (SSSR count). The van der Waals surface area contributed by atoms with Crippen molar-refractivity contribution >= 4 is 5.97 Å². The Kier molecular flexibility index (Phi) is 8.55. The highest BCUT2D eigenvalue weighted by atomic mass is 17.0. The Balaban J connectivity index is 4.44. The third-order valence-corrected chi connectivity index (χ3v) is 1.78. The van der Waals surface area contributed by atoms with E-state index in [2.05, 4.69) is 0 Å². The minimum absolute atomic E-state index is 0.0235. The van der Waals surface area contributed by atoms with Gasteiger partial charge < -0.3 is 15.3 Å².